The zero-order valence-corrected chi connectivity index (χ0v) is 13.6. The van der Waals surface area contributed by atoms with Gasteiger partial charge in [0.05, 0.1) is 0 Å². The predicted octanol–water partition coefficient (Wildman–Crippen LogP) is 4.66. The van der Waals surface area contributed by atoms with Gasteiger partial charge in [-0.15, -0.1) is 11.8 Å². The van der Waals surface area contributed by atoms with Crippen molar-refractivity contribution in [1.82, 2.24) is 5.32 Å². The zero-order chi connectivity index (χ0) is 16.7. The minimum atomic E-state index is -4.83. The molecular formula is C17H20F3NOS. The number of thioether (sulfide) groups is 1. The molecule has 1 fully saturated rings. The van der Waals surface area contributed by atoms with E-state index in [4.69, 9.17) is 0 Å². The summed E-state index contributed by atoms with van der Waals surface area (Å²) in [7, 11) is 0. The van der Waals surface area contributed by atoms with Crippen molar-refractivity contribution in [3.63, 3.8) is 0 Å². The third-order valence-electron chi connectivity index (χ3n) is 3.77. The second-order valence-corrected chi connectivity index (χ2v) is 6.74. The van der Waals surface area contributed by atoms with E-state index in [2.05, 4.69) is 0 Å². The fraction of sp³-hybridized carbons (Fsp3) is 0.471. The summed E-state index contributed by atoms with van der Waals surface area (Å²) in [6.45, 7) is -0.141. The summed E-state index contributed by atoms with van der Waals surface area (Å²) in [5.41, 5.74) is 0.919. The molecule has 0 unspecified atom stereocenters. The zero-order valence-electron chi connectivity index (χ0n) is 12.7. The molecular weight excluding hydrogens is 323 g/mol. The van der Waals surface area contributed by atoms with Gasteiger partial charge in [-0.3, -0.25) is 4.79 Å². The van der Waals surface area contributed by atoms with Gasteiger partial charge < -0.3 is 5.32 Å². The average molecular weight is 343 g/mol. The lowest BCUT2D eigenvalue weighted by Gasteiger charge is -2.08. The molecule has 23 heavy (non-hydrogen) atoms. The number of carbonyl (C=O) groups is 1. The van der Waals surface area contributed by atoms with Gasteiger partial charge in [-0.1, -0.05) is 37.1 Å². The molecule has 0 atom stereocenters. The van der Waals surface area contributed by atoms with Crippen LogP contribution in [0.15, 0.2) is 35.2 Å². The van der Waals surface area contributed by atoms with Crippen LogP contribution in [-0.2, 0) is 4.79 Å². The molecule has 0 bridgehead atoms. The van der Waals surface area contributed by atoms with Gasteiger partial charge in [-0.25, -0.2) is 0 Å². The second-order valence-electron chi connectivity index (χ2n) is 5.64. The maximum atomic E-state index is 12.0. The third-order valence-corrected chi connectivity index (χ3v) is 4.99. The molecule has 0 heterocycles. The van der Waals surface area contributed by atoms with E-state index in [0.717, 1.165) is 17.2 Å². The summed E-state index contributed by atoms with van der Waals surface area (Å²) >= 11 is 1.83. The topological polar surface area (TPSA) is 29.1 Å². The molecule has 1 aromatic carbocycles. The van der Waals surface area contributed by atoms with Gasteiger partial charge in [0.15, 0.2) is 0 Å². The highest BCUT2D eigenvalue weighted by Crippen LogP contribution is 2.31. The molecule has 0 aliphatic heterocycles. The first kappa shape index (κ1) is 17.9. The largest absolute Gasteiger partial charge is 0.471 e. The molecule has 0 saturated heterocycles. The van der Waals surface area contributed by atoms with Crippen molar-refractivity contribution in [3.05, 3.63) is 35.9 Å². The van der Waals surface area contributed by atoms with Crippen LogP contribution in [0.5, 0.6) is 0 Å². The maximum Gasteiger partial charge on any atom is 0.471 e. The van der Waals surface area contributed by atoms with Gasteiger partial charge in [0.25, 0.3) is 0 Å². The normalized spacial score (nSPS) is 16.1. The van der Waals surface area contributed by atoms with Crippen LogP contribution in [-0.4, -0.2) is 24.4 Å². The molecule has 0 spiro atoms. The monoisotopic (exact) mass is 343 g/mol. The Morgan fingerprint density at radius 3 is 2.74 bits per heavy atom. The van der Waals surface area contributed by atoms with Crippen LogP contribution in [0.4, 0.5) is 13.2 Å². The van der Waals surface area contributed by atoms with Gasteiger partial charge in [0.2, 0.25) is 0 Å². The highest BCUT2D eigenvalue weighted by molar-refractivity contribution is 7.99. The van der Waals surface area contributed by atoms with Crippen molar-refractivity contribution in [1.29, 1.82) is 0 Å². The molecule has 1 aromatic rings. The second kappa shape index (κ2) is 8.43. The van der Waals surface area contributed by atoms with E-state index in [1.807, 2.05) is 41.3 Å². The first-order valence-corrected chi connectivity index (χ1v) is 8.68. The molecule has 1 N–H and O–H groups in total. The van der Waals surface area contributed by atoms with Crippen molar-refractivity contribution < 1.29 is 18.0 Å². The lowest BCUT2D eigenvalue weighted by Crippen LogP contribution is -2.36. The van der Waals surface area contributed by atoms with Crippen LogP contribution in [0, 0.1) is 5.92 Å². The van der Waals surface area contributed by atoms with Crippen molar-refractivity contribution in [2.24, 2.45) is 5.92 Å². The van der Waals surface area contributed by atoms with E-state index in [1.54, 1.807) is 6.08 Å². The van der Waals surface area contributed by atoms with Crippen molar-refractivity contribution >= 4 is 23.7 Å². The van der Waals surface area contributed by atoms with E-state index in [-0.39, 0.29) is 6.54 Å². The Labute approximate surface area is 138 Å². The van der Waals surface area contributed by atoms with Gasteiger partial charge in [-0.05, 0) is 36.5 Å². The Bertz CT molecular complexity index is 551. The van der Waals surface area contributed by atoms with E-state index in [9.17, 15) is 18.0 Å². The van der Waals surface area contributed by atoms with Gasteiger partial charge in [0.1, 0.15) is 0 Å². The standard InChI is InChI=1S/C17H20F3NOS/c18-17(19,20)16(22)21-10-4-8-13-7-3-9-15(11-13)23-12-14-5-1-2-6-14/h3-4,7-9,11,14H,1-2,5-6,10,12H2,(H,21,22)/b8-4+. The molecule has 0 aromatic heterocycles. The first-order valence-electron chi connectivity index (χ1n) is 7.69. The molecule has 126 valence electrons. The minimum absolute atomic E-state index is 0.141. The summed E-state index contributed by atoms with van der Waals surface area (Å²) in [4.78, 5) is 11.8. The number of amides is 1. The van der Waals surface area contributed by atoms with E-state index >= 15 is 0 Å². The molecule has 6 heteroatoms. The van der Waals surface area contributed by atoms with E-state index in [0.29, 0.717) is 0 Å². The smallest absolute Gasteiger partial charge is 0.345 e. The van der Waals surface area contributed by atoms with Crippen LogP contribution in [0.3, 0.4) is 0 Å². The quantitative estimate of drug-likeness (QED) is 0.761. The Kier molecular flexibility index (Phi) is 6.57. The summed E-state index contributed by atoms with van der Waals surface area (Å²) in [5.74, 6) is 0.00855. The lowest BCUT2D eigenvalue weighted by atomic mass is 10.1. The van der Waals surface area contributed by atoms with E-state index < -0.39 is 12.1 Å². The number of carbonyl (C=O) groups excluding carboxylic acids is 1. The van der Waals surface area contributed by atoms with Crippen LogP contribution >= 0.6 is 11.8 Å². The number of alkyl halides is 3. The van der Waals surface area contributed by atoms with Crippen LogP contribution in [0.25, 0.3) is 6.08 Å². The summed E-state index contributed by atoms with van der Waals surface area (Å²) in [6, 6.07) is 7.89. The summed E-state index contributed by atoms with van der Waals surface area (Å²) < 4.78 is 36.1. The number of hydrogen-bond acceptors (Lipinski definition) is 2. The number of nitrogens with one attached hydrogen (secondary N) is 1. The average Bonchev–Trinajstić information content (AvgIpc) is 3.02. The fourth-order valence-corrected chi connectivity index (χ4v) is 3.70. The Morgan fingerprint density at radius 1 is 1.30 bits per heavy atom. The molecule has 1 amide bonds. The molecule has 2 rings (SSSR count). The Morgan fingerprint density at radius 2 is 2.04 bits per heavy atom. The van der Waals surface area contributed by atoms with Crippen LogP contribution in [0.1, 0.15) is 31.2 Å². The third kappa shape index (κ3) is 6.29. The summed E-state index contributed by atoms with van der Waals surface area (Å²) in [6.07, 6.45) is 3.69. The highest BCUT2D eigenvalue weighted by atomic mass is 32.2. The van der Waals surface area contributed by atoms with Gasteiger partial charge >= 0.3 is 12.1 Å². The summed E-state index contributed by atoms with van der Waals surface area (Å²) in [5, 5.41) is 1.81. The minimum Gasteiger partial charge on any atom is -0.345 e. The lowest BCUT2D eigenvalue weighted by molar-refractivity contribution is -0.173. The van der Waals surface area contributed by atoms with E-state index in [1.165, 1.54) is 36.7 Å². The van der Waals surface area contributed by atoms with Crippen molar-refractivity contribution in [3.8, 4) is 0 Å². The predicted molar refractivity (Wildman–Crippen MR) is 87.2 cm³/mol. The highest BCUT2D eigenvalue weighted by Gasteiger charge is 2.37. The van der Waals surface area contributed by atoms with Crippen LogP contribution in [0.2, 0.25) is 0 Å². The maximum absolute atomic E-state index is 12.0. The molecule has 1 aliphatic rings. The SMILES string of the molecule is O=C(NC/C=C/c1cccc(SCC2CCCC2)c1)C(F)(F)F. The molecule has 1 saturated carbocycles. The van der Waals surface area contributed by atoms with Gasteiger partial charge in [-0.2, -0.15) is 13.2 Å². The van der Waals surface area contributed by atoms with Crippen molar-refractivity contribution in [2.45, 2.75) is 36.8 Å². The van der Waals surface area contributed by atoms with Crippen LogP contribution < -0.4 is 5.32 Å². The number of halogens is 3. The molecule has 0 radical (unpaired) electrons. The fourth-order valence-electron chi connectivity index (χ4n) is 2.55. The first-order chi connectivity index (χ1) is 10.9. The van der Waals surface area contributed by atoms with Crippen molar-refractivity contribution in [2.75, 3.05) is 12.3 Å². The van der Waals surface area contributed by atoms with Gasteiger partial charge in [0, 0.05) is 17.2 Å². The number of rotatable bonds is 6. The Balaban J connectivity index is 1.79. The molecule has 2 nitrogen and oxygen atoms in total. The number of hydrogen-bond donors (Lipinski definition) is 1. The molecule has 1 aliphatic carbocycles. The Hall–Kier alpha value is -1.43. The number of benzene rings is 1.